The Hall–Kier alpha value is -2.33. The third-order valence-electron chi connectivity index (χ3n) is 3.55. The Balaban J connectivity index is 2.14. The minimum atomic E-state index is 0.150. The standard InChI is InChI=1S/C18H22N2O2/c1-20(2)17(14-8-6-9-16(11-14)22-3)13-19-12-15-7-4-5-10-18(15)21/h4-12,17,21H,13H2,1-3H3/t17-/m0/s1. The van der Waals surface area contributed by atoms with Gasteiger partial charge in [0.05, 0.1) is 19.7 Å². The lowest BCUT2D eigenvalue weighted by Gasteiger charge is -2.23. The smallest absolute Gasteiger partial charge is 0.124 e. The van der Waals surface area contributed by atoms with Crippen LogP contribution in [0.4, 0.5) is 0 Å². The Morgan fingerprint density at radius 1 is 1.18 bits per heavy atom. The highest BCUT2D eigenvalue weighted by molar-refractivity contribution is 5.83. The molecule has 2 aromatic rings. The number of benzene rings is 2. The van der Waals surface area contributed by atoms with Crippen LogP contribution in [0.1, 0.15) is 17.2 Å². The molecule has 116 valence electrons. The Labute approximate surface area is 131 Å². The van der Waals surface area contributed by atoms with Gasteiger partial charge in [0.25, 0.3) is 0 Å². The van der Waals surface area contributed by atoms with Crippen LogP contribution in [0.5, 0.6) is 11.5 Å². The summed E-state index contributed by atoms with van der Waals surface area (Å²) < 4.78 is 5.28. The van der Waals surface area contributed by atoms with E-state index in [1.54, 1.807) is 25.5 Å². The Morgan fingerprint density at radius 2 is 1.95 bits per heavy atom. The van der Waals surface area contributed by atoms with Crippen LogP contribution in [0.2, 0.25) is 0 Å². The fourth-order valence-corrected chi connectivity index (χ4v) is 2.26. The van der Waals surface area contributed by atoms with E-state index in [2.05, 4.69) is 16.0 Å². The van der Waals surface area contributed by atoms with E-state index < -0.39 is 0 Å². The summed E-state index contributed by atoms with van der Waals surface area (Å²) in [4.78, 5) is 6.61. The van der Waals surface area contributed by atoms with Gasteiger partial charge in [-0.05, 0) is 43.9 Å². The van der Waals surface area contributed by atoms with E-state index in [9.17, 15) is 5.11 Å². The van der Waals surface area contributed by atoms with Gasteiger partial charge in [-0.25, -0.2) is 0 Å². The van der Waals surface area contributed by atoms with Crippen molar-refractivity contribution in [2.24, 2.45) is 4.99 Å². The van der Waals surface area contributed by atoms with Crippen LogP contribution in [0.25, 0.3) is 0 Å². The van der Waals surface area contributed by atoms with Crippen molar-refractivity contribution in [1.82, 2.24) is 4.90 Å². The van der Waals surface area contributed by atoms with Gasteiger partial charge in [0.1, 0.15) is 11.5 Å². The highest BCUT2D eigenvalue weighted by Gasteiger charge is 2.13. The number of hydrogen-bond donors (Lipinski definition) is 1. The first-order valence-electron chi connectivity index (χ1n) is 7.20. The van der Waals surface area contributed by atoms with Gasteiger partial charge < -0.3 is 14.7 Å². The molecule has 0 saturated carbocycles. The maximum Gasteiger partial charge on any atom is 0.124 e. The molecule has 0 aliphatic heterocycles. The molecule has 0 radical (unpaired) electrons. The van der Waals surface area contributed by atoms with E-state index in [4.69, 9.17) is 4.74 Å². The molecular formula is C18H22N2O2. The summed E-state index contributed by atoms with van der Waals surface area (Å²) >= 11 is 0. The maximum atomic E-state index is 9.75. The molecule has 0 aliphatic carbocycles. The van der Waals surface area contributed by atoms with Gasteiger partial charge in [0.15, 0.2) is 0 Å². The van der Waals surface area contributed by atoms with Gasteiger partial charge in [-0.2, -0.15) is 0 Å². The third-order valence-corrected chi connectivity index (χ3v) is 3.55. The minimum Gasteiger partial charge on any atom is -0.507 e. The molecule has 0 aliphatic rings. The first kappa shape index (κ1) is 16.0. The average molecular weight is 298 g/mol. The number of rotatable bonds is 6. The van der Waals surface area contributed by atoms with Crippen molar-refractivity contribution in [3.05, 3.63) is 59.7 Å². The summed E-state index contributed by atoms with van der Waals surface area (Å²) in [5.74, 6) is 1.09. The maximum absolute atomic E-state index is 9.75. The predicted octanol–water partition coefficient (Wildman–Crippen LogP) is 3.12. The van der Waals surface area contributed by atoms with Crippen molar-refractivity contribution in [2.75, 3.05) is 27.7 Å². The van der Waals surface area contributed by atoms with E-state index in [0.29, 0.717) is 6.54 Å². The van der Waals surface area contributed by atoms with E-state index in [0.717, 1.165) is 16.9 Å². The lowest BCUT2D eigenvalue weighted by molar-refractivity contribution is 0.305. The topological polar surface area (TPSA) is 45.1 Å². The summed E-state index contributed by atoms with van der Waals surface area (Å²) in [6.07, 6.45) is 1.71. The highest BCUT2D eigenvalue weighted by Crippen LogP contribution is 2.23. The SMILES string of the molecule is COc1cccc([C@H](CN=Cc2ccccc2O)N(C)C)c1. The normalized spacial score (nSPS) is 12.7. The molecule has 0 spiro atoms. The highest BCUT2D eigenvalue weighted by atomic mass is 16.5. The number of likely N-dealkylation sites (N-methyl/N-ethyl adjacent to an activating group) is 1. The molecule has 0 amide bonds. The molecule has 1 N–H and O–H groups in total. The third kappa shape index (κ3) is 4.09. The zero-order chi connectivity index (χ0) is 15.9. The number of hydrogen-bond acceptors (Lipinski definition) is 4. The minimum absolute atomic E-state index is 0.150. The number of phenols is 1. The Kier molecular flexibility index (Phi) is 5.55. The molecule has 0 aromatic heterocycles. The van der Waals surface area contributed by atoms with Gasteiger partial charge in [0.2, 0.25) is 0 Å². The molecule has 4 nitrogen and oxygen atoms in total. The van der Waals surface area contributed by atoms with E-state index in [-0.39, 0.29) is 11.8 Å². The van der Waals surface area contributed by atoms with Crippen LogP contribution in [0.15, 0.2) is 53.5 Å². The fraction of sp³-hybridized carbons (Fsp3) is 0.278. The second-order valence-electron chi connectivity index (χ2n) is 5.31. The molecule has 0 unspecified atom stereocenters. The van der Waals surface area contributed by atoms with Gasteiger partial charge in [-0.15, -0.1) is 0 Å². The first-order valence-corrected chi connectivity index (χ1v) is 7.20. The number of phenolic OH excluding ortho intramolecular Hbond substituents is 1. The summed E-state index contributed by atoms with van der Waals surface area (Å²) in [6.45, 7) is 0.606. The second kappa shape index (κ2) is 7.61. The molecule has 1 atom stereocenters. The molecule has 2 rings (SSSR count). The van der Waals surface area contributed by atoms with Gasteiger partial charge in [-0.1, -0.05) is 24.3 Å². The number of nitrogens with zero attached hydrogens (tertiary/aromatic N) is 2. The van der Waals surface area contributed by atoms with Gasteiger partial charge >= 0.3 is 0 Å². The zero-order valence-corrected chi connectivity index (χ0v) is 13.2. The van der Waals surface area contributed by atoms with Crippen LogP contribution in [-0.2, 0) is 0 Å². The van der Waals surface area contributed by atoms with E-state index >= 15 is 0 Å². The lowest BCUT2D eigenvalue weighted by Crippen LogP contribution is -2.22. The van der Waals surface area contributed by atoms with Crippen molar-refractivity contribution in [2.45, 2.75) is 6.04 Å². The second-order valence-corrected chi connectivity index (χ2v) is 5.31. The first-order chi connectivity index (χ1) is 10.6. The van der Waals surface area contributed by atoms with Crippen molar-refractivity contribution in [1.29, 1.82) is 0 Å². The summed E-state index contributed by atoms with van der Waals surface area (Å²) in [5.41, 5.74) is 1.88. The monoisotopic (exact) mass is 298 g/mol. The summed E-state index contributed by atoms with van der Waals surface area (Å²) in [6, 6.07) is 15.3. The van der Waals surface area contributed by atoms with Crippen LogP contribution in [0.3, 0.4) is 0 Å². The average Bonchev–Trinajstić information content (AvgIpc) is 2.53. The quantitative estimate of drug-likeness (QED) is 0.833. The molecule has 22 heavy (non-hydrogen) atoms. The number of methoxy groups -OCH3 is 1. The van der Waals surface area contributed by atoms with Crippen LogP contribution < -0.4 is 4.74 Å². The molecule has 0 heterocycles. The van der Waals surface area contributed by atoms with Gasteiger partial charge in [-0.3, -0.25) is 4.99 Å². The fourth-order valence-electron chi connectivity index (χ4n) is 2.26. The van der Waals surface area contributed by atoms with E-state index in [1.807, 2.05) is 44.4 Å². The lowest BCUT2D eigenvalue weighted by atomic mass is 10.1. The molecule has 0 saturated heterocycles. The van der Waals surface area contributed by atoms with Crippen molar-refractivity contribution in [3.8, 4) is 11.5 Å². The summed E-state index contributed by atoms with van der Waals surface area (Å²) in [7, 11) is 5.72. The van der Waals surface area contributed by atoms with Crippen molar-refractivity contribution >= 4 is 6.21 Å². The predicted molar refractivity (Wildman–Crippen MR) is 90.0 cm³/mol. The van der Waals surface area contributed by atoms with Crippen LogP contribution >= 0.6 is 0 Å². The number of aliphatic imine (C=N–C) groups is 1. The zero-order valence-electron chi connectivity index (χ0n) is 13.2. The largest absolute Gasteiger partial charge is 0.507 e. The number of para-hydroxylation sites is 1. The molecule has 4 heteroatoms. The molecule has 0 bridgehead atoms. The van der Waals surface area contributed by atoms with E-state index in [1.165, 1.54) is 0 Å². The van der Waals surface area contributed by atoms with Crippen LogP contribution in [-0.4, -0.2) is 44.0 Å². The van der Waals surface area contributed by atoms with Crippen molar-refractivity contribution < 1.29 is 9.84 Å². The van der Waals surface area contributed by atoms with Gasteiger partial charge in [0, 0.05) is 11.8 Å². The summed E-state index contributed by atoms with van der Waals surface area (Å²) in [5, 5.41) is 9.75. The molecular weight excluding hydrogens is 276 g/mol. The van der Waals surface area contributed by atoms with Crippen molar-refractivity contribution in [3.63, 3.8) is 0 Å². The number of aromatic hydroxyl groups is 1. The molecule has 2 aromatic carbocycles. The Bertz CT molecular complexity index is 638. The van der Waals surface area contributed by atoms with Crippen LogP contribution in [0, 0.1) is 0 Å². The Morgan fingerprint density at radius 3 is 2.64 bits per heavy atom. The molecule has 0 fully saturated rings. The number of ether oxygens (including phenoxy) is 1.